The molecule has 1 atom stereocenters. The van der Waals surface area contributed by atoms with Gasteiger partial charge in [-0.3, -0.25) is 9.59 Å². The van der Waals surface area contributed by atoms with Gasteiger partial charge >= 0.3 is 5.97 Å². The smallest absolute Gasteiger partial charge is 0.355 e. The van der Waals surface area contributed by atoms with Gasteiger partial charge in [0.2, 0.25) is 5.78 Å². The molecule has 0 spiro atoms. The van der Waals surface area contributed by atoms with Crippen molar-refractivity contribution < 1.29 is 19.1 Å². The van der Waals surface area contributed by atoms with Crippen molar-refractivity contribution in [2.75, 3.05) is 0 Å². The van der Waals surface area contributed by atoms with Crippen LogP contribution in [0.5, 0.6) is 0 Å². The molecule has 1 unspecified atom stereocenters. The van der Waals surface area contributed by atoms with E-state index in [1.54, 1.807) is 38.1 Å². The number of rotatable bonds is 5. The number of benzene rings is 1. The van der Waals surface area contributed by atoms with Gasteiger partial charge in [0.1, 0.15) is 5.69 Å². The van der Waals surface area contributed by atoms with Crippen LogP contribution in [0.2, 0.25) is 0 Å². The van der Waals surface area contributed by atoms with Crippen LogP contribution in [0.4, 0.5) is 0 Å². The Labute approximate surface area is 134 Å². The average Bonchev–Trinajstić information content (AvgIpc) is 2.82. The number of ketones is 2. The second-order valence-electron chi connectivity index (χ2n) is 5.46. The molecule has 120 valence electrons. The van der Waals surface area contributed by atoms with E-state index in [1.807, 2.05) is 6.07 Å². The molecule has 5 heteroatoms. The summed E-state index contributed by atoms with van der Waals surface area (Å²) >= 11 is 0. The fourth-order valence-electron chi connectivity index (χ4n) is 2.59. The van der Waals surface area contributed by atoms with Gasteiger partial charge in [-0.15, -0.1) is 0 Å². The molecular weight excluding hydrogens is 294 g/mol. The van der Waals surface area contributed by atoms with Gasteiger partial charge in [-0.1, -0.05) is 30.3 Å². The minimum atomic E-state index is -0.909. The first-order chi connectivity index (χ1) is 10.8. The maximum atomic E-state index is 12.3. The standard InChI is InChI=1S/C18H19NO4/c1-10-15(12(3)20)11(2)19-16(10)18(22)23-13(4)17(21)14-8-6-5-7-9-14/h5-9,13,19H,1-4H3. The van der Waals surface area contributed by atoms with E-state index < -0.39 is 12.1 Å². The zero-order chi connectivity index (χ0) is 17.1. The molecular formula is C18H19NO4. The summed E-state index contributed by atoms with van der Waals surface area (Å²) in [4.78, 5) is 39.0. The predicted molar refractivity (Wildman–Crippen MR) is 85.9 cm³/mol. The fraction of sp³-hybridized carbons (Fsp3) is 0.278. The minimum absolute atomic E-state index is 0.122. The summed E-state index contributed by atoms with van der Waals surface area (Å²) in [6.07, 6.45) is -0.909. The van der Waals surface area contributed by atoms with E-state index in [4.69, 9.17) is 4.74 Å². The van der Waals surface area contributed by atoms with E-state index in [9.17, 15) is 14.4 Å². The molecule has 2 rings (SSSR count). The third-order valence-corrected chi connectivity index (χ3v) is 3.71. The number of hydrogen-bond donors (Lipinski definition) is 1. The lowest BCUT2D eigenvalue weighted by atomic mass is 10.1. The summed E-state index contributed by atoms with van der Waals surface area (Å²) in [6.45, 7) is 6.38. The van der Waals surface area contributed by atoms with E-state index in [0.717, 1.165) is 0 Å². The maximum Gasteiger partial charge on any atom is 0.355 e. The first-order valence-corrected chi connectivity index (χ1v) is 7.33. The third kappa shape index (κ3) is 3.39. The summed E-state index contributed by atoms with van der Waals surface area (Å²) in [6, 6.07) is 8.65. The number of esters is 1. The van der Waals surface area contributed by atoms with Crippen LogP contribution in [0.1, 0.15) is 56.3 Å². The highest BCUT2D eigenvalue weighted by molar-refractivity contribution is 6.03. The SMILES string of the molecule is CC(=O)c1c(C)[nH]c(C(=O)OC(C)C(=O)c2ccccc2)c1C. The van der Waals surface area contributed by atoms with Crippen LogP contribution >= 0.6 is 0 Å². The van der Waals surface area contributed by atoms with Gasteiger partial charge in [-0.05, 0) is 33.3 Å². The Kier molecular flexibility index (Phi) is 4.79. The van der Waals surface area contributed by atoms with E-state index in [1.165, 1.54) is 13.8 Å². The Bertz CT molecular complexity index is 759. The summed E-state index contributed by atoms with van der Waals surface area (Å²) in [5.41, 5.74) is 2.33. The summed E-state index contributed by atoms with van der Waals surface area (Å²) < 4.78 is 5.25. The van der Waals surface area contributed by atoms with Crippen LogP contribution in [-0.2, 0) is 4.74 Å². The molecule has 0 fully saturated rings. The zero-order valence-electron chi connectivity index (χ0n) is 13.6. The lowest BCUT2D eigenvalue weighted by Crippen LogP contribution is -2.25. The lowest BCUT2D eigenvalue weighted by Gasteiger charge is -2.12. The van der Waals surface area contributed by atoms with Crippen molar-refractivity contribution in [3.8, 4) is 0 Å². The molecule has 1 N–H and O–H groups in total. The van der Waals surface area contributed by atoms with Crippen LogP contribution < -0.4 is 0 Å². The average molecular weight is 313 g/mol. The van der Waals surface area contributed by atoms with Gasteiger partial charge in [0.25, 0.3) is 0 Å². The Morgan fingerprint density at radius 2 is 1.70 bits per heavy atom. The monoisotopic (exact) mass is 313 g/mol. The number of hydrogen-bond acceptors (Lipinski definition) is 4. The van der Waals surface area contributed by atoms with E-state index in [-0.39, 0.29) is 17.3 Å². The Balaban J connectivity index is 2.18. The largest absolute Gasteiger partial charge is 0.450 e. The molecule has 0 aliphatic carbocycles. The molecule has 0 radical (unpaired) electrons. The van der Waals surface area contributed by atoms with E-state index in [0.29, 0.717) is 22.4 Å². The number of ether oxygens (including phenoxy) is 1. The van der Waals surface area contributed by atoms with Crippen LogP contribution in [0, 0.1) is 13.8 Å². The number of nitrogens with one attached hydrogen (secondary N) is 1. The Morgan fingerprint density at radius 1 is 1.09 bits per heavy atom. The van der Waals surface area contributed by atoms with Crippen molar-refractivity contribution in [2.45, 2.75) is 33.8 Å². The van der Waals surface area contributed by atoms with Gasteiger partial charge in [0, 0.05) is 16.8 Å². The highest BCUT2D eigenvalue weighted by Crippen LogP contribution is 2.20. The van der Waals surface area contributed by atoms with Crippen molar-refractivity contribution in [2.24, 2.45) is 0 Å². The first-order valence-electron chi connectivity index (χ1n) is 7.33. The van der Waals surface area contributed by atoms with Crippen LogP contribution in [0.3, 0.4) is 0 Å². The molecule has 5 nitrogen and oxygen atoms in total. The summed E-state index contributed by atoms with van der Waals surface area (Å²) in [5.74, 6) is -1.04. The fourth-order valence-corrected chi connectivity index (χ4v) is 2.59. The van der Waals surface area contributed by atoms with Gasteiger partial charge in [0.15, 0.2) is 11.9 Å². The Morgan fingerprint density at radius 3 is 2.22 bits per heavy atom. The summed E-state index contributed by atoms with van der Waals surface area (Å²) in [7, 11) is 0. The van der Waals surface area contributed by atoms with Gasteiger partial charge in [-0.25, -0.2) is 4.79 Å². The third-order valence-electron chi connectivity index (χ3n) is 3.71. The molecule has 0 saturated heterocycles. The Hall–Kier alpha value is -2.69. The zero-order valence-corrected chi connectivity index (χ0v) is 13.6. The number of Topliss-reactive ketones (excluding diaryl/α,β-unsaturated/α-hetero) is 2. The molecule has 0 saturated carbocycles. The number of aryl methyl sites for hydroxylation is 1. The molecule has 0 aliphatic heterocycles. The lowest BCUT2D eigenvalue weighted by molar-refractivity contribution is 0.0313. The highest BCUT2D eigenvalue weighted by Gasteiger charge is 2.25. The second-order valence-corrected chi connectivity index (χ2v) is 5.46. The summed E-state index contributed by atoms with van der Waals surface area (Å²) in [5, 5.41) is 0. The van der Waals surface area contributed by atoms with Crippen molar-refractivity contribution in [1.82, 2.24) is 4.98 Å². The van der Waals surface area contributed by atoms with Crippen molar-refractivity contribution in [1.29, 1.82) is 0 Å². The highest BCUT2D eigenvalue weighted by atomic mass is 16.5. The molecule has 0 aliphatic rings. The molecule has 23 heavy (non-hydrogen) atoms. The van der Waals surface area contributed by atoms with Crippen molar-refractivity contribution in [3.63, 3.8) is 0 Å². The number of carbonyl (C=O) groups excluding carboxylic acids is 3. The number of aromatic nitrogens is 1. The van der Waals surface area contributed by atoms with Crippen LogP contribution in [0.25, 0.3) is 0 Å². The van der Waals surface area contributed by atoms with Crippen molar-refractivity contribution in [3.05, 3.63) is 58.4 Å². The second kappa shape index (κ2) is 6.60. The molecule has 1 aromatic carbocycles. The van der Waals surface area contributed by atoms with E-state index in [2.05, 4.69) is 4.98 Å². The first kappa shape index (κ1) is 16.7. The van der Waals surface area contributed by atoms with E-state index >= 15 is 0 Å². The van der Waals surface area contributed by atoms with Gasteiger partial charge in [0.05, 0.1) is 0 Å². The van der Waals surface area contributed by atoms with Crippen LogP contribution in [0.15, 0.2) is 30.3 Å². The maximum absolute atomic E-state index is 12.3. The molecule has 2 aromatic rings. The van der Waals surface area contributed by atoms with Crippen molar-refractivity contribution >= 4 is 17.5 Å². The topological polar surface area (TPSA) is 76.2 Å². The predicted octanol–water partition coefficient (Wildman–Crippen LogP) is 3.26. The molecule has 1 heterocycles. The number of aromatic amines is 1. The van der Waals surface area contributed by atoms with Gasteiger partial charge < -0.3 is 9.72 Å². The minimum Gasteiger partial charge on any atom is -0.450 e. The number of carbonyl (C=O) groups is 3. The van der Waals surface area contributed by atoms with Crippen LogP contribution in [-0.4, -0.2) is 28.6 Å². The normalized spacial score (nSPS) is 11.8. The van der Waals surface area contributed by atoms with Gasteiger partial charge in [-0.2, -0.15) is 0 Å². The molecule has 1 aromatic heterocycles. The number of H-pyrrole nitrogens is 1. The molecule has 0 amide bonds. The quantitative estimate of drug-likeness (QED) is 0.679. The molecule has 0 bridgehead atoms.